The van der Waals surface area contributed by atoms with Crippen LogP contribution in [-0.4, -0.2) is 46.6 Å². The number of nitrogens with zero attached hydrogens (tertiary/aromatic N) is 4. The Morgan fingerprint density at radius 3 is 2.86 bits per heavy atom. The summed E-state index contributed by atoms with van der Waals surface area (Å²) in [5, 5.41) is 17.6. The number of rotatable bonds is 7. The molecule has 0 spiro atoms. The van der Waals surface area contributed by atoms with Crippen molar-refractivity contribution in [3.63, 3.8) is 0 Å². The lowest BCUT2D eigenvalue weighted by molar-refractivity contribution is 0.0963. The van der Waals surface area contributed by atoms with Gasteiger partial charge >= 0.3 is 0 Å². The van der Waals surface area contributed by atoms with Crippen molar-refractivity contribution in [2.24, 2.45) is 4.99 Å². The zero-order valence-electron chi connectivity index (χ0n) is 16.1. The van der Waals surface area contributed by atoms with Gasteiger partial charge in [-0.2, -0.15) is 0 Å². The molecule has 3 rings (SSSR count). The van der Waals surface area contributed by atoms with Crippen molar-refractivity contribution in [3.05, 3.63) is 65.6 Å². The van der Waals surface area contributed by atoms with Crippen molar-refractivity contribution in [2.45, 2.75) is 19.9 Å². The van der Waals surface area contributed by atoms with E-state index in [-0.39, 0.29) is 5.91 Å². The summed E-state index contributed by atoms with van der Waals surface area (Å²) < 4.78 is 1.93. The molecule has 0 aliphatic rings. The number of hydrogen-bond donors (Lipinski definition) is 3. The molecule has 0 bridgehead atoms. The maximum absolute atomic E-state index is 11.8. The van der Waals surface area contributed by atoms with Gasteiger partial charge < -0.3 is 16.0 Å². The van der Waals surface area contributed by atoms with Gasteiger partial charge in [-0.05, 0) is 43.2 Å². The van der Waals surface area contributed by atoms with Crippen LogP contribution in [0.5, 0.6) is 0 Å². The number of benzene rings is 1. The van der Waals surface area contributed by atoms with Crippen LogP contribution in [0.25, 0.3) is 5.65 Å². The Balaban J connectivity index is 1.60. The summed E-state index contributed by atoms with van der Waals surface area (Å²) in [6.07, 6.45) is 2.71. The lowest BCUT2D eigenvalue weighted by atomic mass is 10.1. The molecule has 1 aromatic carbocycles. The van der Waals surface area contributed by atoms with Gasteiger partial charge in [-0.15, -0.1) is 10.2 Å². The van der Waals surface area contributed by atoms with E-state index in [4.69, 9.17) is 0 Å². The number of carbonyl (C=O) groups excluding carboxylic acids is 1. The van der Waals surface area contributed by atoms with E-state index in [0.29, 0.717) is 18.7 Å². The fraction of sp³-hybridized carbons (Fsp3) is 0.300. The Morgan fingerprint density at radius 1 is 1.14 bits per heavy atom. The molecule has 8 nitrogen and oxygen atoms in total. The number of aliphatic imine (C=N–C) groups is 1. The highest BCUT2D eigenvalue weighted by Gasteiger charge is 2.06. The highest BCUT2D eigenvalue weighted by atomic mass is 16.1. The molecule has 0 saturated carbocycles. The number of carbonyl (C=O) groups is 1. The first-order chi connectivity index (χ1) is 13.7. The molecule has 0 aliphatic carbocycles. The van der Waals surface area contributed by atoms with Gasteiger partial charge in [0.15, 0.2) is 17.4 Å². The number of pyridine rings is 1. The third kappa shape index (κ3) is 4.85. The first kappa shape index (κ1) is 19.3. The van der Waals surface area contributed by atoms with Gasteiger partial charge in [-0.25, -0.2) is 4.99 Å². The van der Waals surface area contributed by atoms with Gasteiger partial charge in [0, 0.05) is 31.9 Å². The van der Waals surface area contributed by atoms with Gasteiger partial charge in [-0.3, -0.25) is 9.20 Å². The molecular weight excluding hydrogens is 354 g/mol. The maximum Gasteiger partial charge on any atom is 0.251 e. The summed E-state index contributed by atoms with van der Waals surface area (Å²) in [7, 11) is 1.63. The van der Waals surface area contributed by atoms with E-state index >= 15 is 0 Å². The predicted molar refractivity (Wildman–Crippen MR) is 109 cm³/mol. The second-order valence-electron chi connectivity index (χ2n) is 6.20. The second-order valence-corrected chi connectivity index (χ2v) is 6.20. The Hall–Kier alpha value is -3.42. The summed E-state index contributed by atoms with van der Waals surface area (Å²) in [4.78, 5) is 16.4. The molecule has 146 valence electrons. The molecule has 1 amide bonds. The molecule has 0 atom stereocenters. The van der Waals surface area contributed by atoms with Gasteiger partial charge in [0.25, 0.3) is 5.91 Å². The first-order valence-electron chi connectivity index (χ1n) is 9.33. The topological polar surface area (TPSA) is 95.7 Å². The fourth-order valence-electron chi connectivity index (χ4n) is 2.83. The largest absolute Gasteiger partial charge is 0.357 e. The predicted octanol–water partition coefficient (Wildman–Crippen LogP) is 1.39. The van der Waals surface area contributed by atoms with Crippen molar-refractivity contribution < 1.29 is 4.79 Å². The van der Waals surface area contributed by atoms with Crippen LogP contribution in [0.1, 0.15) is 28.7 Å². The molecule has 0 radical (unpaired) electrons. The van der Waals surface area contributed by atoms with Crippen LogP contribution in [0.2, 0.25) is 0 Å². The van der Waals surface area contributed by atoms with Crippen molar-refractivity contribution in [1.82, 2.24) is 30.5 Å². The van der Waals surface area contributed by atoms with Gasteiger partial charge in [-0.1, -0.05) is 18.2 Å². The zero-order valence-corrected chi connectivity index (χ0v) is 16.1. The lowest BCUT2D eigenvalue weighted by Gasteiger charge is -2.11. The van der Waals surface area contributed by atoms with Crippen molar-refractivity contribution in [1.29, 1.82) is 0 Å². The van der Waals surface area contributed by atoms with E-state index in [9.17, 15) is 4.79 Å². The molecular formula is C20H25N7O. The fourth-order valence-corrected chi connectivity index (χ4v) is 2.83. The zero-order chi connectivity index (χ0) is 19.8. The molecule has 3 aromatic rings. The van der Waals surface area contributed by atoms with Crippen LogP contribution in [0.4, 0.5) is 0 Å². The van der Waals surface area contributed by atoms with Gasteiger partial charge in [0.1, 0.15) is 6.54 Å². The third-order valence-corrected chi connectivity index (χ3v) is 4.23. The van der Waals surface area contributed by atoms with Crippen molar-refractivity contribution >= 4 is 17.5 Å². The first-order valence-corrected chi connectivity index (χ1v) is 9.33. The van der Waals surface area contributed by atoms with E-state index in [1.807, 2.05) is 60.0 Å². The lowest BCUT2D eigenvalue weighted by Crippen LogP contribution is -2.38. The van der Waals surface area contributed by atoms with Crippen LogP contribution < -0.4 is 16.0 Å². The van der Waals surface area contributed by atoms with Crippen molar-refractivity contribution in [3.8, 4) is 0 Å². The summed E-state index contributed by atoms with van der Waals surface area (Å²) in [6.45, 7) is 3.91. The summed E-state index contributed by atoms with van der Waals surface area (Å²) in [5.41, 5.74) is 2.56. The van der Waals surface area contributed by atoms with Crippen LogP contribution in [0, 0.1) is 0 Å². The van der Waals surface area contributed by atoms with Crippen LogP contribution in [-0.2, 0) is 13.0 Å². The minimum Gasteiger partial charge on any atom is -0.357 e. The highest BCUT2D eigenvalue weighted by Crippen LogP contribution is 2.06. The molecule has 2 aromatic heterocycles. The number of nitrogens with one attached hydrogen (secondary N) is 3. The molecule has 0 fully saturated rings. The van der Waals surface area contributed by atoms with Crippen molar-refractivity contribution in [2.75, 3.05) is 20.1 Å². The molecule has 0 aliphatic heterocycles. The monoisotopic (exact) mass is 379 g/mol. The molecule has 0 saturated heterocycles. The SMILES string of the molecule is CCNC(=NCc1nnc2ccccn12)NCCc1cccc(C(=O)NC)c1. The average molecular weight is 379 g/mol. The maximum atomic E-state index is 11.8. The summed E-state index contributed by atoms with van der Waals surface area (Å²) in [6, 6.07) is 13.4. The molecule has 8 heteroatoms. The molecule has 28 heavy (non-hydrogen) atoms. The minimum atomic E-state index is -0.0785. The number of aromatic nitrogens is 3. The van der Waals surface area contributed by atoms with E-state index in [2.05, 4.69) is 31.1 Å². The van der Waals surface area contributed by atoms with Gasteiger partial charge in [0.05, 0.1) is 0 Å². The quantitative estimate of drug-likeness (QED) is 0.426. The van der Waals surface area contributed by atoms with E-state index in [1.54, 1.807) is 7.05 Å². The highest BCUT2D eigenvalue weighted by molar-refractivity contribution is 5.94. The Bertz CT molecular complexity index is 964. The van der Waals surface area contributed by atoms with E-state index < -0.39 is 0 Å². The van der Waals surface area contributed by atoms with Gasteiger partial charge in [0.2, 0.25) is 0 Å². The van der Waals surface area contributed by atoms with E-state index in [0.717, 1.165) is 36.0 Å². The summed E-state index contributed by atoms with van der Waals surface area (Å²) >= 11 is 0. The van der Waals surface area contributed by atoms with Crippen LogP contribution >= 0.6 is 0 Å². The Kier molecular flexibility index (Phi) is 6.56. The number of fused-ring (bicyclic) bond motifs is 1. The number of hydrogen-bond acceptors (Lipinski definition) is 4. The Morgan fingerprint density at radius 2 is 2.04 bits per heavy atom. The normalized spacial score (nSPS) is 11.4. The smallest absolute Gasteiger partial charge is 0.251 e. The summed E-state index contributed by atoms with van der Waals surface area (Å²) in [5.74, 6) is 1.42. The van der Waals surface area contributed by atoms with Crippen LogP contribution in [0.15, 0.2) is 53.7 Å². The second kappa shape index (κ2) is 9.50. The molecule has 3 N–H and O–H groups in total. The average Bonchev–Trinajstić information content (AvgIpc) is 3.15. The third-order valence-electron chi connectivity index (χ3n) is 4.23. The molecule has 2 heterocycles. The van der Waals surface area contributed by atoms with Crippen LogP contribution in [0.3, 0.4) is 0 Å². The molecule has 0 unspecified atom stereocenters. The standard InChI is InChI=1S/C20H25N7O/c1-3-22-20(24-14-18-26-25-17-9-4-5-12-27(17)18)23-11-10-15-7-6-8-16(13-15)19(28)21-2/h4-9,12-13H,3,10-11,14H2,1-2H3,(H,21,28)(H2,22,23,24). The number of amides is 1. The van der Waals surface area contributed by atoms with E-state index in [1.165, 1.54) is 0 Å². The number of guanidine groups is 1. The minimum absolute atomic E-state index is 0.0785. The Labute approximate surface area is 164 Å².